The van der Waals surface area contributed by atoms with E-state index in [4.69, 9.17) is 4.74 Å². The van der Waals surface area contributed by atoms with Crippen molar-refractivity contribution in [2.24, 2.45) is 0 Å². The molecular weight excluding hydrogens is 326 g/mol. The van der Waals surface area contributed by atoms with Crippen molar-refractivity contribution < 1.29 is 9.53 Å². The molecule has 0 fully saturated rings. The molecular formula is C21H33N3O2. The summed E-state index contributed by atoms with van der Waals surface area (Å²) in [5, 5.41) is 5.96. The molecule has 0 unspecified atom stereocenters. The molecule has 0 radical (unpaired) electrons. The van der Waals surface area contributed by atoms with Gasteiger partial charge in [-0.05, 0) is 25.5 Å². The third kappa shape index (κ3) is 9.08. The largest absolute Gasteiger partial charge is 0.390 e. The highest BCUT2D eigenvalue weighted by atomic mass is 16.5. The van der Waals surface area contributed by atoms with E-state index in [0.717, 1.165) is 23.5 Å². The van der Waals surface area contributed by atoms with E-state index in [0.29, 0.717) is 18.8 Å². The van der Waals surface area contributed by atoms with Crippen molar-refractivity contribution in [3.63, 3.8) is 0 Å². The molecule has 5 nitrogen and oxygen atoms in total. The van der Waals surface area contributed by atoms with Gasteiger partial charge < -0.3 is 20.3 Å². The van der Waals surface area contributed by atoms with Crippen molar-refractivity contribution >= 4 is 5.91 Å². The first-order valence-corrected chi connectivity index (χ1v) is 8.66. The van der Waals surface area contributed by atoms with Gasteiger partial charge in [-0.2, -0.15) is 0 Å². The molecule has 26 heavy (non-hydrogen) atoms. The van der Waals surface area contributed by atoms with E-state index in [-0.39, 0.29) is 5.91 Å². The molecule has 0 aromatic heterocycles. The van der Waals surface area contributed by atoms with Crippen molar-refractivity contribution in [3.8, 4) is 0 Å². The Morgan fingerprint density at radius 2 is 1.96 bits per heavy atom. The molecule has 0 spiro atoms. The van der Waals surface area contributed by atoms with Crippen molar-refractivity contribution in [3.05, 3.63) is 72.3 Å². The number of hydrogen-bond donors (Lipinski definition) is 2. The summed E-state index contributed by atoms with van der Waals surface area (Å²) in [5.74, 6) is -0.178. The number of carbonyl (C=O) groups is 1. The number of ether oxygens (including phenoxy) is 1. The first-order valence-electron chi connectivity index (χ1n) is 8.66. The summed E-state index contributed by atoms with van der Waals surface area (Å²) in [7, 11) is 5.63. The number of hydrogen-bond acceptors (Lipinski definition) is 4. The molecule has 0 aliphatic rings. The molecule has 0 saturated heterocycles. The molecule has 0 atom stereocenters. The summed E-state index contributed by atoms with van der Waals surface area (Å²) in [6.07, 6.45) is 11.6. The van der Waals surface area contributed by atoms with Crippen LogP contribution in [-0.2, 0) is 9.53 Å². The standard InChI is InChI=1S/C21H33N3O2/c1-8-12-18(14-11-15-26-16-19(22-5)13-9-2)23-21(25)20(10-3)17(4)24(6)7/h9-14,22H,2-3,8,15-16H2,1,4-7H3,(H,23,25)/b14-11-,18-12+,19-13-,20-17+. The smallest absolute Gasteiger partial charge is 0.257 e. The fraction of sp³-hybridized carbons (Fsp3) is 0.381. The first-order chi connectivity index (χ1) is 12.4. The fourth-order valence-corrected chi connectivity index (χ4v) is 1.98. The molecule has 0 rings (SSSR count). The normalized spacial score (nSPS) is 13.3. The Balaban J connectivity index is 4.85. The minimum atomic E-state index is -0.178. The zero-order chi connectivity index (χ0) is 19.9. The molecule has 0 heterocycles. The number of nitrogens with one attached hydrogen (secondary N) is 2. The van der Waals surface area contributed by atoms with E-state index in [2.05, 4.69) is 23.8 Å². The van der Waals surface area contributed by atoms with Crippen molar-refractivity contribution in [2.45, 2.75) is 20.3 Å². The van der Waals surface area contributed by atoms with E-state index in [1.54, 1.807) is 12.2 Å². The second-order valence-electron chi connectivity index (χ2n) is 5.71. The highest BCUT2D eigenvalue weighted by molar-refractivity contribution is 5.97. The summed E-state index contributed by atoms with van der Waals surface area (Å²) >= 11 is 0. The van der Waals surface area contributed by atoms with Gasteiger partial charge in [0.1, 0.15) is 0 Å². The van der Waals surface area contributed by atoms with Crippen LogP contribution >= 0.6 is 0 Å². The summed E-state index contributed by atoms with van der Waals surface area (Å²) < 4.78 is 5.57. The van der Waals surface area contributed by atoms with Crippen molar-refractivity contribution in [1.29, 1.82) is 0 Å². The highest BCUT2D eigenvalue weighted by Crippen LogP contribution is 2.09. The number of carbonyl (C=O) groups excluding carboxylic acids is 1. The lowest BCUT2D eigenvalue weighted by Crippen LogP contribution is -2.26. The molecule has 0 aliphatic heterocycles. The monoisotopic (exact) mass is 359 g/mol. The number of amides is 1. The summed E-state index contributed by atoms with van der Waals surface area (Å²) in [6.45, 7) is 12.2. The summed E-state index contributed by atoms with van der Waals surface area (Å²) in [4.78, 5) is 14.4. The van der Waals surface area contributed by atoms with Crippen molar-refractivity contribution in [1.82, 2.24) is 15.5 Å². The molecule has 2 N–H and O–H groups in total. The molecule has 0 saturated carbocycles. The Kier molecular flexibility index (Phi) is 12.4. The third-order valence-electron chi connectivity index (χ3n) is 3.60. The van der Waals surface area contributed by atoms with Crippen LogP contribution in [0.2, 0.25) is 0 Å². The number of nitrogens with zero attached hydrogens (tertiary/aromatic N) is 1. The molecule has 1 amide bonds. The maximum atomic E-state index is 12.5. The Bertz CT molecular complexity index is 596. The average Bonchev–Trinajstić information content (AvgIpc) is 2.60. The zero-order valence-electron chi connectivity index (χ0n) is 16.8. The lowest BCUT2D eigenvalue weighted by atomic mass is 10.1. The fourth-order valence-electron chi connectivity index (χ4n) is 1.98. The van der Waals surface area contributed by atoms with Crippen LogP contribution in [0.3, 0.4) is 0 Å². The van der Waals surface area contributed by atoms with Crippen LogP contribution in [-0.4, -0.2) is 45.2 Å². The molecule has 0 aromatic rings. The Labute approximate surface area is 158 Å². The summed E-state index contributed by atoms with van der Waals surface area (Å²) in [5.41, 5.74) is 3.09. The van der Waals surface area contributed by atoms with Crippen molar-refractivity contribution in [2.75, 3.05) is 34.4 Å². The number of likely N-dealkylation sites (N-methyl/N-ethyl adjacent to an activating group) is 1. The second-order valence-corrected chi connectivity index (χ2v) is 5.71. The van der Waals surface area contributed by atoms with Crippen LogP contribution in [0.25, 0.3) is 0 Å². The van der Waals surface area contributed by atoms with Gasteiger partial charge in [0.05, 0.1) is 18.8 Å². The van der Waals surface area contributed by atoms with Crippen LogP contribution in [0, 0.1) is 0 Å². The maximum Gasteiger partial charge on any atom is 0.257 e. The van der Waals surface area contributed by atoms with Gasteiger partial charge in [0, 0.05) is 38.2 Å². The van der Waals surface area contributed by atoms with Gasteiger partial charge in [-0.3, -0.25) is 4.79 Å². The molecule has 144 valence electrons. The molecule has 0 bridgehead atoms. The highest BCUT2D eigenvalue weighted by Gasteiger charge is 2.11. The Hall–Kier alpha value is -2.53. The van der Waals surface area contributed by atoms with Gasteiger partial charge in [0.25, 0.3) is 5.91 Å². The summed E-state index contributed by atoms with van der Waals surface area (Å²) in [6, 6.07) is 0. The first kappa shape index (κ1) is 23.5. The quantitative estimate of drug-likeness (QED) is 0.319. The number of allylic oxidation sites excluding steroid dienone is 5. The van der Waals surface area contributed by atoms with E-state index in [9.17, 15) is 4.79 Å². The van der Waals surface area contributed by atoms with Crippen LogP contribution in [0.1, 0.15) is 20.3 Å². The minimum absolute atomic E-state index is 0.178. The number of rotatable bonds is 12. The minimum Gasteiger partial charge on any atom is -0.390 e. The lowest BCUT2D eigenvalue weighted by molar-refractivity contribution is -0.116. The molecule has 0 aromatic carbocycles. The maximum absolute atomic E-state index is 12.5. The van der Waals surface area contributed by atoms with Gasteiger partial charge in [-0.1, -0.05) is 44.4 Å². The Morgan fingerprint density at radius 1 is 1.27 bits per heavy atom. The lowest BCUT2D eigenvalue weighted by Gasteiger charge is -2.17. The topological polar surface area (TPSA) is 53.6 Å². The van der Waals surface area contributed by atoms with Crippen LogP contribution in [0.5, 0.6) is 0 Å². The molecule has 0 aliphatic carbocycles. The predicted molar refractivity (Wildman–Crippen MR) is 110 cm³/mol. The molecule has 5 heteroatoms. The Morgan fingerprint density at radius 3 is 2.46 bits per heavy atom. The van der Waals surface area contributed by atoms with E-state index >= 15 is 0 Å². The predicted octanol–water partition coefficient (Wildman–Crippen LogP) is 3.28. The van der Waals surface area contributed by atoms with E-state index in [1.807, 2.05) is 64.2 Å². The van der Waals surface area contributed by atoms with Crippen LogP contribution in [0.4, 0.5) is 0 Å². The van der Waals surface area contributed by atoms with E-state index in [1.165, 1.54) is 0 Å². The van der Waals surface area contributed by atoms with Gasteiger partial charge in [-0.25, -0.2) is 0 Å². The average molecular weight is 360 g/mol. The third-order valence-corrected chi connectivity index (χ3v) is 3.60. The SMILES string of the molecule is C=C/C=C(/COC/C=C\C(=C/CC)NC(=O)/C(C=C)=C(\C)N(C)C)NC. The van der Waals surface area contributed by atoms with Gasteiger partial charge in [0.15, 0.2) is 0 Å². The van der Waals surface area contributed by atoms with Crippen LogP contribution in [0.15, 0.2) is 72.3 Å². The zero-order valence-corrected chi connectivity index (χ0v) is 16.8. The van der Waals surface area contributed by atoms with Gasteiger partial charge in [0.2, 0.25) is 0 Å². The van der Waals surface area contributed by atoms with Gasteiger partial charge >= 0.3 is 0 Å². The van der Waals surface area contributed by atoms with Gasteiger partial charge in [-0.15, -0.1) is 0 Å². The van der Waals surface area contributed by atoms with E-state index < -0.39 is 0 Å². The van der Waals surface area contributed by atoms with Crippen LogP contribution < -0.4 is 10.6 Å². The second kappa shape index (κ2) is 13.7.